The highest BCUT2D eigenvalue weighted by atomic mass is 32.2. The molecule has 0 atom stereocenters. The van der Waals surface area contributed by atoms with Crippen molar-refractivity contribution in [2.24, 2.45) is 4.99 Å². The number of carbonyl (C=O) groups is 1. The lowest BCUT2D eigenvalue weighted by atomic mass is 10.00. The second kappa shape index (κ2) is 14.4. The number of H-pyrrole nitrogens is 1. The summed E-state index contributed by atoms with van der Waals surface area (Å²) >= 11 is 1.69. The average Bonchev–Trinajstić information content (AvgIpc) is 3.29. The molecule has 4 aromatic rings. The molecule has 206 valence electrons. The largest absolute Gasteiger partial charge is 0.494 e. The molecule has 3 N–H and O–H groups in total. The molecular formula is C31H39N5O2S. The van der Waals surface area contributed by atoms with E-state index in [1.165, 1.54) is 0 Å². The Morgan fingerprint density at radius 2 is 1.67 bits per heavy atom. The van der Waals surface area contributed by atoms with Crippen molar-refractivity contribution >= 4 is 45.8 Å². The van der Waals surface area contributed by atoms with Crippen LogP contribution in [-0.2, 0) is 0 Å². The van der Waals surface area contributed by atoms with Crippen LogP contribution in [0.2, 0.25) is 0 Å². The van der Waals surface area contributed by atoms with Gasteiger partial charge in [-0.2, -0.15) is 0 Å². The zero-order chi connectivity index (χ0) is 28.4. The third-order valence-electron chi connectivity index (χ3n) is 6.01. The molecule has 3 aromatic carbocycles. The predicted molar refractivity (Wildman–Crippen MR) is 167 cm³/mol. The van der Waals surface area contributed by atoms with Gasteiger partial charge >= 0.3 is 0 Å². The van der Waals surface area contributed by atoms with E-state index in [1.54, 1.807) is 24.1 Å². The number of rotatable bonds is 10. The highest BCUT2D eigenvalue weighted by molar-refractivity contribution is 7.99. The number of nitrogens with zero attached hydrogens (tertiary/aromatic N) is 3. The first-order chi connectivity index (χ1) is 18.9. The maximum atomic E-state index is 12.3. The van der Waals surface area contributed by atoms with Crippen molar-refractivity contribution in [1.82, 2.24) is 15.2 Å². The minimum atomic E-state index is -0.151. The van der Waals surface area contributed by atoms with E-state index in [2.05, 4.69) is 52.0 Å². The highest BCUT2D eigenvalue weighted by Crippen LogP contribution is 2.33. The Bertz CT molecular complexity index is 1380. The summed E-state index contributed by atoms with van der Waals surface area (Å²) < 4.78 is 2.25. The van der Waals surface area contributed by atoms with Crippen LogP contribution < -0.4 is 9.62 Å². The van der Waals surface area contributed by atoms with Gasteiger partial charge in [-0.1, -0.05) is 62.2 Å². The van der Waals surface area contributed by atoms with Crippen molar-refractivity contribution in [2.45, 2.75) is 20.8 Å². The number of hydrogen-bond acceptors (Lipinski definition) is 6. The molecule has 1 heterocycles. The lowest BCUT2D eigenvalue weighted by Gasteiger charge is -2.23. The van der Waals surface area contributed by atoms with Gasteiger partial charge in [0.2, 0.25) is 0 Å². The van der Waals surface area contributed by atoms with Crippen LogP contribution in [0.15, 0.2) is 77.8 Å². The van der Waals surface area contributed by atoms with Gasteiger partial charge in [0, 0.05) is 53.6 Å². The molecule has 0 saturated heterocycles. The Morgan fingerprint density at radius 3 is 2.28 bits per heavy atom. The monoisotopic (exact) mass is 545 g/mol. The second-order valence-electron chi connectivity index (χ2n) is 8.90. The zero-order valence-electron chi connectivity index (χ0n) is 23.7. The van der Waals surface area contributed by atoms with E-state index < -0.39 is 0 Å². The molecule has 0 aliphatic rings. The molecule has 0 saturated carbocycles. The predicted octanol–water partition coefficient (Wildman–Crippen LogP) is 6.46. The summed E-state index contributed by atoms with van der Waals surface area (Å²) in [6.45, 7) is 8.30. The van der Waals surface area contributed by atoms with Crippen LogP contribution in [0.5, 0.6) is 5.88 Å². The van der Waals surface area contributed by atoms with Crippen molar-refractivity contribution in [2.75, 3.05) is 44.3 Å². The Hall–Kier alpha value is -3.75. The number of aromatic nitrogens is 1. The first kappa shape index (κ1) is 29.8. The molecular weight excluding hydrogens is 506 g/mol. The first-order valence-corrected chi connectivity index (χ1v) is 14.4. The fourth-order valence-corrected chi connectivity index (χ4v) is 4.72. The molecule has 8 heteroatoms. The van der Waals surface area contributed by atoms with Crippen LogP contribution >= 0.6 is 11.9 Å². The molecule has 0 spiro atoms. The van der Waals surface area contributed by atoms with Gasteiger partial charge in [-0.05, 0) is 57.4 Å². The van der Waals surface area contributed by atoms with E-state index in [0.29, 0.717) is 28.9 Å². The fourth-order valence-electron chi connectivity index (χ4n) is 4.13. The van der Waals surface area contributed by atoms with Gasteiger partial charge in [-0.15, -0.1) is 0 Å². The smallest absolute Gasteiger partial charge is 0.251 e. The van der Waals surface area contributed by atoms with Gasteiger partial charge in [-0.25, -0.2) is 4.99 Å². The van der Waals surface area contributed by atoms with Gasteiger partial charge in [0.05, 0.1) is 17.0 Å². The van der Waals surface area contributed by atoms with Gasteiger partial charge in [0.15, 0.2) is 5.88 Å². The van der Waals surface area contributed by atoms with Crippen LogP contribution in [0, 0.1) is 0 Å². The minimum absolute atomic E-state index is 0.0134. The fraction of sp³-hybridized carbons (Fsp3) is 0.290. The van der Waals surface area contributed by atoms with E-state index >= 15 is 0 Å². The molecule has 0 unspecified atom stereocenters. The summed E-state index contributed by atoms with van der Waals surface area (Å²) in [4.78, 5) is 22.5. The SMILES string of the molecule is CC.CCNC(=O)c1ccc2c(C(=Nc3ccc(N(CCN(C)C)SC)cc3)c3ccccc3)c(O)[nH]c2c1. The molecule has 0 aliphatic carbocycles. The quantitative estimate of drug-likeness (QED) is 0.157. The van der Waals surface area contributed by atoms with Gasteiger partial charge in [0.1, 0.15) is 0 Å². The van der Waals surface area contributed by atoms with E-state index in [1.807, 2.05) is 69.3 Å². The van der Waals surface area contributed by atoms with Crippen LogP contribution in [0.1, 0.15) is 42.3 Å². The van der Waals surface area contributed by atoms with Crippen molar-refractivity contribution in [3.8, 4) is 5.88 Å². The van der Waals surface area contributed by atoms with Crippen molar-refractivity contribution < 1.29 is 9.90 Å². The Labute approximate surface area is 236 Å². The molecule has 7 nitrogen and oxygen atoms in total. The number of aromatic amines is 1. The summed E-state index contributed by atoms with van der Waals surface area (Å²) in [6.07, 6.45) is 2.08. The van der Waals surface area contributed by atoms with Crippen LogP contribution in [-0.4, -0.2) is 66.6 Å². The van der Waals surface area contributed by atoms with Gasteiger partial charge in [0.25, 0.3) is 5.91 Å². The maximum Gasteiger partial charge on any atom is 0.251 e. The first-order valence-electron chi connectivity index (χ1n) is 13.2. The van der Waals surface area contributed by atoms with Crippen LogP contribution in [0.25, 0.3) is 10.9 Å². The van der Waals surface area contributed by atoms with Gasteiger partial charge in [-0.3, -0.25) is 4.79 Å². The summed E-state index contributed by atoms with van der Waals surface area (Å²) in [5.74, 6) is -0.138. The minimum Gasteiger partial charge on any atom is -0.494 e. The normalized spacial score (nSPS) is 11.3. The van der Waals surface area contributed by atoms with Crippen LogP contribution in [0.3, 0.4) is 0 Å². The third-order valence-corrected chi connectivity index (χ3v) is 6.85. The van der Waals surface area contributed by atoms with Crippen molar-refractivity contribution in [3.05, 3.63) is 89.5 Å². The Morgan fingerprint density at radius 1 is 0.974 bits per heavy atom. The molecule has 0 radical (unpaired) electrons. The van der Waals surface area contributed by atoms with E-state index in [-0.39, 0.29) is 11.8 Å². The lowest BCUT2D eigenvalue weighted by Crippen LogP contribution is -2.26. The Balaban J connectivity index is 0.00000205. The standard InChI is InChI=1S/C29H33N5O2S.C2H6/c1-5-30-28(35)21-11-16-24-25(19-21)32-29(36)26(24)27(20-9-7-6-8-10-20)31-22-12-14-23(15-13-22)34(37-4)18-17-33(2)3;1-2/h6-16,19,32,36H,5,17-18H2,1-4H3,(H,30,35);1-2H3. The molecule has 39 heavy (non-hydrogen) atoms. The number of nitrogens with one attached hydrogen (secondary N) is 2. The molecule has 0 aliphatic heterocycles. The average molecular weight is 546 g/mol. The molecule has 1 amide bonds. The third kappa shape index (κ3) is 7.43. The molecule has 4 rings (SSSR count). The lowest BCUT2D eigenvalue weighted by molar-refractivity contribution is 0.0956. The molecule has 0 bridgehead atoms. The van der Waals surface area contributed by atoms with Gasteiger partial charge < -0.3 is 24.6 Å². The summed E-state index contributed by atoms with van der Waals surface area (Å²) in [6, 6.07) is 23.3. The number of anilines is 1. The number of aromatic hydroxyl groups is 1. The topological polar surface area (TPSA) is 84.0 Å². The summed E-state index contributed by atoms with van der Waals surface area (Å²) in [5.41, 5.74) is 5.23. The Kier molecular flexibility index (Phi) is 11.0. The summed E-state index contributed by atoms with van der Waals surface area (Å²) in [7, 11) is 4.14. The van der Waals surface area contributed by atoms with E-state index in [9.17, 15) is 9.90 Å². The highest BCUT2D eigenvalue weighted by Gasteiger charge is 2.20. The maximum absolute atomic E-state index is 12.3. The van der Waals surface area contributed by atoms with Crippen LogP contribution in [0.4, 0.5) is 11.4 Å². The van der Waals surface area contributed by atoms with E-state index in [0.717, 1.165) is 35.4 Å². The number of amides is 1. The number of benzene rings is 3. The summed E-state index contributed by atoms with van der Waals surface area (Å²) in [5, 5.41) is 14.6. The zero-order valence-corrected chi connectivity index (χ0v) is 24.5. The number of hydrogen-bond donors (Lipinski definition) is 3. The van der Waals surface area contributed by atoms with Crippen molar-refractivity contribution in [1.29, 1.82) is 0 Å². The van der Waals surface area contributed by atoms with Crippen molar-refractivity contribution in [3.63, 3.8) is 0 Å². The number of likely N-dealkylation sites (N-methyl/N-ethyl adjacent to an activating group) is 1. The number of fused-ring (bicyclic) bond motifs is 1. The molecule has 0 fully saturated rings. The van der Waals surface area contributed by atoms with E-state index in [4.69, 9.17) is 4.99 Å². The number of carbonyl (C=O) groups excluding carboxylic acids is 1. The molecule has 1 aromatic heterocycles. The number of aliphatic imine (C=N–C) groups is 1. The second-order valence-corrected chi connectivity index (χ2v) is 9.71.